The van der Waals surface area contributed by atoms with Crippen LogP contribution in [0.25, 0.3) is 10.8 Å². The highest BCUT2D eigenvalue weighted by molar-refractivity contribution is 8.13. The summed E-state index contributed by atoms with van der Waals surface area (Å²) >= 11 is 1.75. The summed E-state index contributed by atoms with van der Waals surface area (Å²) in [5.74, 6) is 1.01. The third kappa shape index (κ3) is 4.23. The van der Waals surface area contributed by atoms with Gasteiger partial charge in [-0.15, -0.1) is 0 Å². The van der Waals surface area contributed by atoms with Crippen LogP contribution in [0.2, 0.25) is 0 Å². The second-order valence-electron chi connectivity index (χ2n) is 7.58. The molecular weight excluding hydrogens is 364 g/mol. The van der Waals surface area contributed by atoms with Crippen molar-refractivity contribution in [2.75, 3.05) is 12.4 Å². The topological polar surface area (TPSA) is 44.6 Å². The molecule has 1 saturated heterocycles. The lowest BCUT2D eigenvalue weighted by Crippen LogP contribution is -2.46. The molecule has 3 aromatic rings. The van der Waals surface area contributed by atoms with Crippen molar-refractivity contribution in [2.24, 2.45) is 4.99 Å². The van der Waals surface area contributed by atoms with E-state index >= 15 is 0 Å². The zero-order valence-electron chi connectivity index (χ0n) is 16.1. The van der Waals surface area contributed by atoms with E-state index in [-0.39, 0.29) is 18.2 Å². The minimum Gasteiger partial charge on any atom is -0.394 e. The maximum atomic E-state index is 9.84. The molecule has 0 aliphatic carbocycles. The van der Waals surface area contributed by atoms with Gasteiger partial charge < -0.3 is 10.4 Å². The Morgan fingerprint density at radius 1 is 1.04 bits per heavy atom. The van der Waals surface area contributed by atoms with Gasteiger partial charge in [0.25, 0.3) is 0 Å². The molecule has 2 N–H and O–H groups in total. The zero-order chi connectivity index (χ0) is 19.4. The predicted molar refractivity (Wildman–Crippen MR) is 120 cm³/mol. The minimum absolute atomic E-state index is 0.0489. The summed E-state index contributed by atoms with van der Waals surface area (Å²) in [4.78, 5) is 4.85. The highest BCUT2D eigenvalue weighted by Crippen LogP contribution is 2.33. The molecule has 4 rings (SSSR count). The first-order valence-corrected chi connectivity index (χ1v) is 10.8. The minimum atomic E-state index is -0.152. The Morgan fingerprint density at radius 3 is 2.57 bits per heavy atom. The fraction of sp³-hybridized carbons (Fsp3) is 0.292. The summed E-state index contributed by atoms with van der Waals surface area (Å²) < 4.78 is 0. The van der Waals surface area contributed by atoms with Crippen LogP contribution in [0.3, 0.4) is 0 Å². The third-order valence-corrected chi connectivity index (χ3v) is 6.32. The molecule has 1 aliphatic heterocycles. The lowest BCUT2D eigenvalue weighted by atomic mass is 9.88. The summed E-state index contributed by atoms with van der Waals surface area (Å²) in [6, 6.07) is 25.3. The number of aliphatic hydroxyl groups excluding tert-OH is 1. The van der Waals surface area contributed by atoms with Crippen molar-refractivity contribution in [3.05, 3.63) is 83.9 Å². The number of fused-ring (bicyclic) bond motifs is 1. The van der Waals surface area contributed by atoms with Crippen LogP contribution in [0.15, 0.2) is 77.8 Å². The van der Waals surface area contributed by atoms with Crippen LogP contribution in [-0.4, -0.2) is 28.7 Å². The Morgan fingerprint density at radius 2 is 1.79 bits per heavy atom. The standard InChI is InChI=1S/C24H26N2OS/c1-24(21-12-11-19-9-5-6-10-20(19)16-21)13-14-28-23(26-24)25-22(17-27)15-18-7-3-2-4-8-18/h2-12,16,22,27H,13-15,17H2,1H3,(H,25,26)/t22-,24?/m0/s1. The quantitative estimate of drug-likeness (QED) is 0.661. The molecule has 1 unspecified atom stereocenters. The van der Waals surface area contributed by atoms with Crippen molar-refractivity contribution < 1.29 is 5.11 Å². The number of benzene rings is 3. The van der Waals surface area contributed by atoms with Crippen molar-refractivity contribution in [3.8, 4) is 0 Å². The molecule has 0 aromatic heterocycles. The maximum Gasteiger partial charge on any atom is 0.157 e. The summed E-state index contributed by atoms with van der Waals surface area (Å²) in [5, 5.41) is 17.0. The van der Waals surface area contributed by atoms with Crippen LogP contribution in [0.1, 0.15) is 24.5 Å². The van der Waals surface area contributed by atoms with Crippen molar-refractivity contribution in [1.29, 1.82) is 0 Å². The van der Waals surface area contributed by atoms with Gasteiger partial charge in [-0.2, -0.15) is 0 Å². The lowest BCUT2D eigenvalue weighted by molar-refractivity contribution is 0.265. The summed E-state index contributed by atoms with van der Waals surface area (Å²) in [6.07, 6.45) is 1.78. The van der Waals surface area contributed by atoms with Gasteiger partial charge in [-0.05, 0) is 47.7 Å². The molecule has 1 heterocycles. The molecule has 4 heteroatoms. The van der Waals surface area contributed by atoms with E-state index in [1.54, 1.807) is 11.8 Å². The fourth-order valence-electron chi connectivity index (χ4n) is 3.71. The first-order chi connectivity index (χ1) is 13.7. The Labute approximate surface area is 170 Å². The second kappa shape index (κ2) is 8.38. The molecule has 1 fully saturated rings. The Hall–Kier alpha value is -2.30. The van der Waals surface area contributed by atoms with Gasteiger partial charge in [-0.1, -0.05) is 78.5 Å². The Bertz CT molecular complexity index is 973. The van der Waals surface area contributed by atoms with Gasteiger partial charge in [-0.25, -0.2) is 0 Å². The monoisotopic (exact) mass is 390 g/mol. The van der Waals surface area contributed by atoms with E-state index in [0.717, 1.165) is 23.8 Å². The van der Waals surface area contributed by atoms with E-state index in [1.807, 2.05) is 18.2 Å². The van der Waals surface area contributed by atoms with Gasteiger partial charge in [0.05, 0.1) is 18.2 Å². The van der Waals surface area contributed by atoms with E-state index in [0.29, 0.717) is 0 Å². The van der Waals surface area contributed by atoms with E-state index < -0.39 is 0 Å². The average molecular weight is 391 g/mol. The van der Waals surface area contributed by atoms with Crippen molar-refractivity contribution in [1.82, 2.24) is 5.32 Å². The van der Waals surface area contributed by atoms with Crippen LogP contribution in [0.4, 0.5) is 0 Å². The van der Waals surface area contributed by atoms with Crippen LogP contribution in [-0.2, 0) is 12.0 Å². The molecule has 0 bridgehead atoms. The maximum absolute atomic E-state index is 9.84. The molecule has 3 aromatic carbocycles. The average Bonchev–Trinajstić information content (AvgIpc) is 2.74. The number of amidine groups is 1. The van der Waals surface area contributed by atoms with Crippen molar-refractivity contribution >= 4 is 27.7 Å². The predicted octanol–water partition coefficient (Wildman–Crippen LogP) is 4.74. The number of hydrogen-bond donors (Lipinski definition) is 2. The van der Waals surface area contributed by atoms with E-state index in [1.165, 1.54) is 21.9 Å². The van der Waals surface area contributed by atoms with Gasteiger partial charge in [0.1, 0.15) is 0 Å². The zero-order valence-corrected chi connectivity index (χ0v) is 17.0. The first kappa shape index (κ1) is 19.0. The van der Waals surface area contributed by atoms with Crippen LogP contribution >= 0.6 is 11.8 Å². The highest BCUT2D eigenvalue weighted by atomic mass is 32.2. The molecule has 2 atom stereocenters. The first-order valence-electron chi connectivity index (χ1n) is 9.79. The molecule has 0 radical (unpaired) electrons. The molecule has 0 amide bonds. The number of thioether (sulfide) groups is 1. The Kier molecular flexibility index (Phi) is 5.69. The van der Waals surface area contributed by atoms with Crippen LogP contribution in [0, 0.1) is 0 Å². The van der Waals surface area contributed by atoms with Crippen molar-refractivity contribution in [2.45, 2.75) is 31.3 Å². The molecule has 3 nitrogen and oxygen atoms in total. The second-order valence-corrected chi connectivity index (χ2v) is 8.66. The number of hydrogen-bond acceptors (Lipinski definition) is 3. The third-order valence-electron chi connectivity index (χ3n) is 5.43. The smallest absolute Gasteiger partial charge is 0.157 e. The van der Waals surface area contributed by atoms with Gasteiger partial charge in [-0.3, -0.25) is 4.99 Å². The molecular formula is C24H26N2OS. The number of nitrogens with one attached hydrogen (secondary N) is 1. The number of nitrogens with zero attached hydrogens (tertiary/aromatic N) is 1. The molecule has 144 valence electrons. The van der Waals surface area contributed by atoms with E-state index in [4.69, 9.17) is 4.99 Å². The van der Waals surface area contributed by atoms with Gasteiger partial charge in [0.2, 0.25) is 0 Å². The molecule has 0 saturated carbocycles. The number of aliphatic imine (C=N–C) groups is 1. The van der Waals surface area contributed by atoms with Crippen LogP contribution < -0.4 is 5.32 Å². The number of aliphatic hydroxyl groups is 1. The largest absolute Gasteiger partial charge is 0.394 e. The molecule has 1 aliphatic rings. The summed E-state index contributed by atoms with van der Waals surface area (Å²) in [5.41, 5.74) is 2.33. The van der Waals surface area contributed by atoms with Crippen LogP contribution in [0.5, 0.6) is 0 Å². The van der Waals surface area contributed by atoms with Gasteiger partial charge >= 0.3 is 0 Å². The number of rotatable bonds is 5. The summed E-state index contributed by atoms with van der Waals surface area (Å²) in [7, 11) is 0. The van der Waals surface area contributed by atoms with Gasteiger partial charge in [0, 0.05) is 5.75 Å². The van der Waals surface area contributed by atoms with E-state index in [2.05, 4.69) is 66.8 Å². The van der Waals surface area contributed by atoms with E-state index in [9.17, 15) is 5.11 Å². The van der Waals surface area contributed by atoms with Gasteiger partial charge in [0.15, 0.2) is 5.17 Å². The summed E-state index contributed by atoms with van der Waals surface area (Å²) in [6.45, 7) is 2.30. The SMILES string of the molecule is CC1(c2ccc3ccccc3c2)CCSC(=N[C@H](CO)Cc2ccccc2)N1. The van der Waals surface area contributed by atoms with Crippen molar-refractivity contribution in [3.63, 3.8) is 0 Å². The Balaban J connectivity index is 1.55. The molecule has 0 spiro atoms. The fourth-order valence-corrected chi connectivity index (χ4v) is 4.93. The highest BCUT2D eigenvalue weighted by Gasteiger charge is 2.32. The lowest BCUT2D eigenvalue weighted by Gasteiger charge is -2.37. The molecule has 28 heavy (non-hydrogen) atoms. The normalized spacial score (nSPS) is 22.1.